The van der Waals surface area contributed by atoms with E-state index in [-0.39, 0.29) is 0 Å². The molecule has 0 radical (unpaired) electrons. The molecule has 100 valence electrons. The summed E-state index contributed by atoms with van der Waals surface area (Å²) >= 11 is 1.96. The van der Waals surface area contributed by atoms with Crippen molar-refractivity contribution in [3.05, 3.63) is 11.9 Å². The summed E-state index contributed by atoms with van der Waals surface area (Å²) < 4.78 is 0. The lowest BCUT2D eigenvalue weighted by Gasteiger charge is -2.15. The fourth-order valence-corrected chi connectivity index (χ4v) is 3.11. The van der Waals surface area contributed by atoms with Gasteiger partial charge in [0.2, 0.25) is 0 Å². The summed E-state index contributed by atoms with van der Waals surface area (Å²) in [5.41, 5.74) is 5.83. The molecule has 1 saturated carbocycles. The summed E-state index contributed by atoms with van der Waals surface area (Å²) in [5, 5.41) is 4.28. The number of nitrogens with two attached hydrogens (primary N) is 1. The standard InChI is InChI=1S/C13H22N4S/c1-8(2)13-16-11(14)7-12(17-13)15-9-4-5-10(6-9)18-3/h7-10H,4-6H2,1-3H3,(H3,14,15,16,17). The molecule has 0 spiro atoms. The Balaban J connectivity index is 2.05. The van der Waals surface area contributed by atoms with Crippen molar-refractivity contribution in [1.82, 2.24) is 9.97 Å². The van der Waals surface area contributed by atoms with Gasteiger partial charge in [0.05, 0.1) is 0 Å². The van der Waals surface area contributed by atoms with Crippen LogP contribution in [0.4, 0.5) is 11.6 Å². The number of anilines is 2. The highest BCUT2D eigenvalue weighted by molar-refractivity contribution is 7.99. The molecule has 2 unspecified atom stereocenters. The van der Waals surface area contributed by atoms with Crippen molar-refractivity contribution >= 4 is 23.4 Å². The van der Waals surface area contributed by atoms with Crippen molar-refractivity contribution in [3.63, 3.8) is 0 Å². The van der Waals surface area contributed by atoms with Crippen molar-refractivity contribution in [1.29, 1.82) is 0 Å². The van der Waals surface area contributed by atoms with Crippen LogP contribution in [0.25, 0.3) is 0 Å². The van der Waals surface area contributed by atoms with Gasteiger partial charge in [0.25, 0.3) is 0 Å². The Morgan fingerprint density at radius 3 is 2.78 bits per heavy atom. The first kappa shape index (κ1) is 13.5. The topological polar surface area (TPSA) is 63.8 Å². The third-order valence-electron chi connectivity index (χ3n) is 3.35. The Kier molecular flexibility index (Phi) is 4.32. The third kappa shape index (κ3) is 3.28. The molecule has 0 aromatic carbocycles. The van der Waals surface area contributed by atoms with Gasteiger partial charge in [-0.1, -0.05) is 13.8 Å². The zero-order valence-corrected chi connectivity index (χ0v) is 12.1. The molecule has 0 saturated heterocycles. The Hall–Kier alpha value is -0.970. The molecule has 3 N–H and O–H groups in total. The summed E-state index contributed by atoms with van der Waals surface area (Å²) in [6.07, 6.45) is 5.90. The van der Waals surface area contributed by atoms with E-state index in [0.29, 0.717) is 17.8 Å². The van der Waals surface area contributed by atoms with Crippen LogP contribution in [0.2, 0.25) is 0 Å². The molecule has 2 rings (SSSR count). The highest BCUT2D eigenvalue weighted by Crippen LogP contribution is 2.30. The van der Waals surface area contributed by atoms with E-state index in [2.05, 4.69) is 35.4 Å². The van der Waals surface area contributed by atoms with Gasteiger partial charge in [-0.3, -0.25) is 0 Å². The molecule has 1 aliphatic rings. The fraction of sp³-hybridized carbons (Fsp3) is 0.692. The Labute approximate surface area is 113 Å². The molecule has 5 heteroatoms. The lowest BCUT2D eigenvalue weighted by molar-refractivity contribution is 0.737. The largest absolute Gasteiger partial charge is 0.384 e. The quantitative estimate of drug-likeness (QED) is 0.877. The molecule has 0 aliphatic heterocycles. The SMILES string of the molecule is CSC1CCC(Nc2cc(N)nc(C(C)C)n2)C1. The normalized spacial score (nSPS) is 23.6. The number of hydrogen-bond acceptors (Lipinski definition) is 5. The van der Waals surface area contributed by atoms with Gasteiger partial charge in [-0.15, -0.1) is 0 Å². The van der Waals surface area contributed by atoms with E-state index in [1.54, 1.807) is 0 Å². The Morgan fingerprint density at radius 2 is 2.17 bits per heavy atom. The predicted octanol–water partition coefficient (Wildman–Crippen LogP) is 2.88. The van der Waals surface area contributed by atoms with Crippen molar-refractivity contribution in [2.75, 3.05) is 17.3 Å². The van der Waals surface area contributed by atoms with Gasteiger partial charge >= 0.3 is 0 Å². The summed E-state index contributed by atoms with van der Waals surface area (Å²) in [4.78, 5) is 8.80. The molecule has 18 heavy (non-hydrogen) atoms. The number of thioether (sulfide) groups is 1. The van der Waals surface area contributed by atoms with Gasteiger partial charge in [-0.05, 0) is 25.5 Å². The smallest absolute Gasteiger partial charge is 0.135 e. The maximum atomic E-state index is 5.83. The van der Waals surface area contributed by atoms with Crippen LogP contribution < -0.4 is 11.1 Å². The first-order chi connectivity index (χ1) is 8.58. The lowest BCUT2D eigenvalue weighted by atomic mass is 10.2. The average Bonchev–Trinajstić information content (AvgIpc) is 2.76. The van der Waals surface area contributed by atoms with Crippen LogP contribution >= 0.6 is 11.8 Å². The van der Waals surface area contributed by atoms with Crippen molar-refractivity contribution < 1.29 is 0 Å². The van der Waals surface area contributed by atoms with Gasteiger partial charge in [-0.2, -0.15) is 11.8 Å². The number of hydrogen-bond donors (Lipinski definition) is 2. The van der Waals surface area contributed by atoms with Gasteiger partial charge < -0.3 is 11.1 Å². The molecule has 4 nitrogen and oxygen atoms in total. The summed E-state index contributed by atoms with van der Waals surface area (Å²) in [7, 11) is 0. The maximum absolute atomic E-state index is 5.83. The molecule has 0 amide bonds. The van der Waals surface area contributed by atoms with E-state index in [4.69, 9.17) is 5.73 Å². The number of nitrogens with zero attached hydrogens (tertiary/aromatic N) is 2. The van der Waals surface area contributed by atoms with E-state index >= 15 is 0 Å². The molecule has 1 aromatic heterocycles. The van der Waals surface area contributed by atoms with E-state index in [9.17, 15) is 0 Å². The predicted molar refractivity (Wildman–Crippen MR) is 79.1 cm³/mol. The highest BCUT2D eigenvalue weighted by Gasteiger charge is 2.24. The van der Waals surface area contributed by atoms with Crippen molar-refractivity contribution in [2.24, 2.45) is 0 Å². The van der Waals surface area contributed by atoms with Crippen LogP contribution in [0.1, 0.15) is 44.9 Å². The summed E-state index contributed by atoms with van der Waals surface area (Å²) in [6, 6.07) is 2.36. The van der Waals surface area contributed by atoms with Gasteiger partial charge in [0.1, 0.15) is 17.5 Å². The lowest BCUT2D eigenvalue weighted by Crippen LogP contribution is -2.18. The minimum Gasteiger partial charge on any atom is -0.384 e. The average molecular weight is 266 g/mol. The molecular formula is C13H22N4S. The van der Waals surface area contributed by atoms with Gasteiger partial charge in [-0.25, -0.2) is 9.97 Å². The van der Waals surface area contributed by atoms with E-state index in [1.807, 2.05) is 17.8 Å². The zero-order chi connectivity index (χ0) is 13.1. The minimum absolute atomic E-state index is 0.302. The second-order valence-corrected chi connectivity index (χ2v) is 6.34. The van der Waals surface area contributed by atoms with Crippen LogP contribution in [0.3, 0.4) is 0 Å². The molecule has 1 aliphatic carbocycles. The minimum atomic E-state index is 0.302. The molecule has 1 heterocycles. The van der Waals surface area contributed by atoms with E-state index < -0.39 is 0 Å². The summed E-state index contributed by atoms with van der Waals surface area (Å²) in [5.74, 6) is 2.54. The van der Waals surface area contributed by atoms with Crippen LogP contribution in [-0.4, -0.2) is 27.5 Å². The Bertz CT molecular complexity index is 408. The number of aromatic nitrogens is 2. The first-order valence-electron chi connectivity index (χ1n) is 6.52. The highest BCUT2D eigenvalue weighted by atomic mass is 32.2. The van der Waals surface area contributed by atoms with Crippen molar-refractivity contribution in [2.45, 2.75) is 50.3 Å². The van der Waals surface area contributed by atoms with Crippen molar-refractivity contribution in [3.8, 4) is 0 Å². The van der Waals surface area contributed by atoms with Gasteiger partial charge in [0.15, 0.2) is 0 Å². The van der Waals surface area contributed by atoms with Crippen LogP contribution in [0.15, 0.2) is 6.07 Å². The first-order valence-corrected chi connectivity index (χ1v) is 7.81. The van der Waals surface area contributed by atoms with Crippen LogP contribution in [-0.2, 0) is 0 Å². The monoisotopic (exact) mass is 266 g/mol. The second kappa shape index (κ2) is 5.78. The molecule has 1 fully saturated rings. The number of rotatable bonds is 4. The Morgan fingerprint density at radius 1 is 1.39 bits per heavy atom. The zero-order valence-electron chi connectivity index (χ0n) is 11.3. The van der Waals surface area contributed by atoms with Crippen LogP contribution in [0, 0.1) is 0 Å². The molecular weight excluding hydrogens is 244 g/mol. The van der Waals surface area contributed by atoms with Crippen LogP contribution in [0.5, 0.6) is 0 Å². The molecule has 0 bridgehead atoms. The number of nitrogens with one attached hydrogen (secondary N) is 1. The molecule has 1 aromatic rings. The summed E-state index contributed by atoms with van der Waals surface area (Å²) in [6.45, 7) is 4.16. The third-order valence-corrected chi connectivity index (χ3v) is 4.44. The maximum Gasteiger partial charge on any atom is 0.135 e. The van der Waals surface area contributed by atoms with E-state index in [1.165, 1.54) is 19.3 Å². The van der Waals surface area contributed by atoms with Gasteiger partial charge in [0, 0.05) is 23.3 Å². The number of nitrogen functional groups attached to an aromatic ring is 1. The molecule has 2 atom stereocenters. The van der Waals surface area contributed by atoms with E-state index in [0.717, 1.165) is 16.9 Å². The fourth-order valence-electron chi connectivity index (χ4n) is 2.31. The second-order valence-electron chi connectivity index (χ2n) is 5.20.